The van der Waals surface area contributed by atoms with Gasteiger partial charge in [-0.3, -0.25) is 9.78 Å². The number of hydrogen-bond acceptors (Lipinski definition) is 4. The van der Waals surface area contributed by atoms with E-state index < -0.39 is 12.7 Å². The van der Waals surface area contributed by atoms with Crippen LogP contribution in [0.2, 0.25) is 0 Å². The Kier molecular flexibility index (Phi) is 5.38. The molecule has 0 spiro atoms. The average Bonchev–Trinajstić information content (AvgIpc) is 2.52. The first-order valence-electron chi connectivity index (χ1n) is 7.25. The van der Waals surface area contributed by atoms with Crippen LogP contribution in [0.5, 0.6) is 0 Å². The highest BCUT2D eigenvalue weighted by atomic mass is 19.4. The average molecular weight is 338 g/mol. The third-order valence-electron chi connectivity index (χ3n) is 3.26. The monoisotopic (exact) mass is 338 g/mol. The number of carbonyl (C=O) groups is 1. The molecule has 2 heterocycles. The van der Waals surface area contributed by atoms with Crippen LogP contribution >= 0.6 is 0 Å². The van der Waals surface area contributed by atoms with Gasteiger partial charge in [0.15, 0.2) is 0 Å². The van der Waals surface area contributed by atoms with E-state index in [0.29, 0.717) is 11.1 Å². The number of pyridine rings is 2. The number of nitrogens with one attached hydrogen (secondary N) is 2. The highest BCUT2D eigenvalue weighted by Crippen LogP contribution is 2.17. The predicted molar refractivity (Wildman–Crippen MR) is 83.6 cm³/mol. The van der Waals surface area contributed by atoms with Gasteiger partial charge >= 0.3 is 6.18 Å². The first-order chi connectivity index (χ1) is 11.2. The molecule has 0 fully saturated rings. The van der Waals surface area contributed by atoms with E-state index in [1.54, 1.807) is 38.2 Å². The number of halogens is 3. The molecule has 1 amide bonds. The van der Waals surface area contributed by atoms with Crippen molar-refractivity contribution < 1.29 is 18.0 Å². The topological polar surface area (TPSA) is 66.9 Å². The molecular weight excluding hydrogens is 321 g/mol. The van der Waals surface area contributed by atoms with Gasteiger partial charge in [-0.1, -0.05) is 6.07 Å². The molecule has 2 aromatic rings. The van der Waals surface area contributed by atoms with Crippen LogP contribution < -0.4 is 10.6 Å². The van der Waals surface area contributed by atoms with Gasteiger partial charge in [-0.15, -0.1) is 0 Å². The molecule has 5 nitrogen and oxygen atoms in total. The van der Waals surface area contributed by atoms with Gasteiger partial charge in [-0.2, -0.15) is 13.2 Å². The van der Waals surface area contributed by atoms with E-state index in [1.807, 2.05) is 0 Å². The number of anilines is 1. The molecule has 1 unspecified atom stereocenters. The van der Waals surface area contributed by atoms with E-state index in [-0.39, 0.29) is 17.8 Å². The van der Waals surface area contributed by atoms with E-state index in [2.05, 4.69) is 20.6 Å². The van der Waals surface area contributed by atoms with Gasteiger partial charge in [0.05, 0.1) is 6.04 Å². The second-order valence-electron chi connectivity index (χ2n) is 5.33. The molecule has 0 radical (unpaired) electrons. The SMILES string of the molecule is Cc1cc(C(=O)NC(C)c2ccc(NCC(F)(F)F)nc2)ccn1. The number of amides is 1. The molecule has 128 valence electrons. The maximum absolute atomic E-state index is 12.2. The van der Waals surface area contributed by atoms with Gasteiger partial charge in [0.1, 0.15) is 12.4 Å². The van der Waals surface area contributed by atoms with E-state index >= 15 is 0 Å². The van der Waals surface area contributed by atoms with Crippen molar-refractivity contribution in [2.24, 2.45) is 0 Å². The maximum atomic E-state index is 12.2. The van der Waals surface area contributed by atoms with Crippen molar-refractivity contribution in [2.45, 2.75) is 26.1 Å². The Morgan fingerprint density at radius 2 is 2.00 bits per heavy atom. The predicted octanol–water partition coefficient (Wildman–Crippen LogP) is 3.25. The Balaban J connectivity index is 1.97. The van der Waals surface area contributed by atoms with Crippen LogP contribution in [0.25, 0.3) is 0 Å². The van der Waals surface area contributed by atoms with Crippen molar-refractivity contribution in [1.82, 2.24) is 15.3 Å². The molecule has 0 aliphatic rings. The molecule has 2 N–H and O–H groups in total. The van der Waals surface area contributed by atoms with E-state index in [9.17, 15) is 18.0 Å². The van der Waals surface area contributed by atoms with E-state index in [4.69, 9.17) is 0 Å². The third-order valence-corrected chi connectivity index (χ3v) is 3.26. The highest BCUT2D eigenvalue weighted by Gasteiger charge is 2.26. The van der Waals surface area contributed by atoms with E-state index in [1.165, 1.54) is 12.3 Å². The van der Waals surface area contributed by atoms with Gasteiger partial charge in [-0.25, -0.2) is 4.98 Å². The van der Waals surface area contributed by atoms with Gasteiger partial charge in [0, 0.05) is 23.7 Å². The van der Waals surface area contributed by atoms with Crippen molar-refractivity contribution in [3.05, 3.63) is 53.5 Å². The summed E-state index contributed by atoms with van der Waals surface area (Å²) in [6.07, 6.45) is -1.32. The Morgan fingerprint density at radius 3 is 2.58 bits per heavy atom. The summed E-state index contributed by atoms with van der Waals surface area (Å²) in [4.78, 5) is 20.1. The highest BCUT2D eigenvalue weighted by molar-refractivity contribution is 5.94. The summed E-state index contributed by atoms with van der Waals surface area (Å²) < 4.78 is 36.4. The molecule has 2 aromatic heterocycles. The summed E-state index contributed by atoms with van der Waals surface area (Å²) in [5.74, 6) is -0.133. The largest absolute Gasteiger partial charge is 0.405 e. The van der Waals surface area contributed by atoms with Gasteiger partial charge in [0.2, 0.25) is 0 Å². The van der Waals surface area contributed by atoms with Crippen molar-refractivity contribution in [1.29, 1.82) is 0 Å². The minimum absolute atomic E-state index is 0.124. The minimum Gasteiger partial charge on any atom is -0.361 e. The maximum Gasteiger partial charge on any atom is 0.405 e. The zero-order valence-corrected chi connectivity index (χ0v) is 13.2. The lowest BCUT2D eigenvalue weighted by Gasteiger charge is -2.15. The van der Waals surface area contributed by atoms with Crippen LogP contribution in [0.1, 0.15) is 34.6 Å². The third kappa shape index (κ3) is 5.22. The molecule has 0 aliphatic carbocycles. The van der Waals surface area contributed by atoms with Gasteiger partial charge < -0.3 is 10.6 Å². The second-order valence-corrected chi connectivity index (χ2v) is 5.33. The smallest absolute Gasteiger partial charge is 0.361 e. The fourth-order valence-corrected chi connectivity index (χ4v) is 2.01. The Labute approximate surface area is 137 Å². The molecule has 0 bridgehead atoms. The second kappa shape index (κ2) is 7.29. The van der Waals surface area contributed by atoms with Crippen molar-refractivity contribution >= 4 is 11.7 Å². The molecule has 24 heavy (non-hydrogen) atoms. The summed E-state index contributed by atoms with van der Waals surface area (Å²) in [6.45, 7) is 2.41. The van der Waals surface area contributed by atoms with Crippen molar-refractivity contribution in [2.75, 3.05) is 11.9 Å². The minimum atomic E-state index is -4.30. The zero-order chi connectivity index (χ0) is 17.7. The van der Waals surface area contributed by atoms with Crippen LogP contribution in [-0.4, -0.2) is 28.6 Å². The summed E-state index contributed by atoms with van der Waals surface area (Å²) in [6, 6.07) is 6.01. The van der Waals surface area contributed by atoms with Crippen molar-refractivity contribution in [3.8, 4) is 0 Å². The first kappa shape index (κ1) is 17.7. The van der Waals surface area contributed by atoms with Crippen LogP contribution in [0, 0.1) is 6.92 Å². The standard InChI is InChI=1S/C16H17F3N4O/c1-10-7-12(5-6-20-10)15(24)23-11(2)13-3-4-14(21-8-13)22-9-16(17,18)19/h3-8,11H,9H2,1-2H3,(H,21,22)(H,23,24). The molecule has 2 rings (SSSR count). The molecule has 0 saturated heterocycles. The summed E-state index contributed by atoms with van der Waals surface area (Å²) in [5, 5.41) is 5.00. The first-order valence-corrected chi connectivity index (χ1v) is 7.25. The van der Waals surface area contributed by atoms with E-state index in [0.717, 1.165) is 5.69 Å². The van der Waals surface area contributed by atoms with Crippen LogP contribution in [0.15, 0.2) is 36.7 Å². The number of carbonyl (C=O) groups excluding carboxylic acids is 1. The van der Waals surface area contributed by atoms with Crippen molar-refractivity contribution in [3.63, 3.8) is 0 Å². The lowest BCUT2D eigenvalue weighted by molar-refractivity contribution is -0.115. The number of nitrogens with zero attached hydrogens (tertiary/aromatic N) is 2. The fraction of sp³-hybridized carbons (Fsp3) is 0.312. The lowest BCUT2D eigenvalue weighted by atomic mass is 10.1. The Morgan fingerprint density at radius 1 is 1.25 bits per heavy atom. The lowest BCUT2D eigenvalue weighted by Crippen LogP contribution is -2.27. The number of alkyl halides is 3. The molecule has 0 aromatic carbocycles. The zero-order valence-electron chi connectivity index (χ0n) is 13.2. The fourth-order valence-electron chi connectivity index (χ4n) is 2.01. The van der Waals surface area contributed by atoms with Gasteiger partial charge in [-0.05, 0) is 37.6 Å². The number of hydrogen-bond donors (Lipinski definition) is 2. The summed E-state index contributed by atoms with van der Waals surface area (Å²) in [7, 11) is 0. The van der Waals surface area contributed by atoms with Crippen LogP contribution in [0.4, 0.5) is 19.0 Å². The number of rotatable bonds is 5. The molecular formula is C16H17F3N4O. The normalized spacial score (nSPS) is 12.5. The Hall–Kier alpha value is -2.64. The number of aromatic nitrogens is 2. The molecule has 0 saturated carbocycles. The van der Waals surface area contributed by atoms with Crippen LogP contribution in [0.3, 0.4) is 0 Å². The summed E-state index contributed by atoms with van der Waals surface area (Å²) in [5.41, 5.74) is 1.91. The van der Waals surface area contributed by atoms with Crippen LogP contribution in [-0.2, 0) is 0 Å². The molecule has 0 aliphatic heterocycles. The number of aryl methyl sites for hydroxylation is 1. The molecule has 1 atom stereocenters. The molecule has 8 heteroatoms. The Bertz CT molecular complexity index is 701. The quantitative estimate of drug-likeness (QED) is 0.878. The summed E-state index contributed by atoms with van der Waals surface area (Å²) >= 11 is 0. The van der Waals surface area contributed by atoms with Gasteiger partial charge in [0.25, 0.3) is 5.91 Å².